The lowest BCUT2D eigenvalue weighted by atomic mass is 9.77. The molecule has 0 spiro atoms. The molecule has 0 atom stereocenters. The standard InChI is InChI=1S/C27H30ClF3N4O2/c28-24-7-6-21(17-23(24)27(29,30)31)33-25(36)35(15-14-34-12-1-2-13-34)22-8-10-26(37,11-9-22)20-5-3-4-19(16-20)18-32/h3-7,16-17,22,37H,1-2,8-15H2,(H,33,36)/t22-,26-. The molecule has 37 heavy (non-hydrogen) atoms. The molecule has 2 aromatic carbocycles. The normalized spacial score (nSPS) is 22.4. The molecule has 2 aliphatic rings. The summed E-state index contributed by atoms with van der Waals surface area (Å²) in [6, 6.07) is 11.7. The van der Waals surface area contributed by atoms with Gasteiger partial charge in [-0.05, 0) is 87.5 Å². The number of hydrogen-bond donors (Lipinski definition) is 2. The van der Waals surface area contributed by atoms with Crippen LogP contribution < -0.4 is 5.32 Å². The number of nitriles is 1. The molecule has 2 amide bonds. The molecule has 2 aromatic rings. The number of anilines is 1. The van der Waals surface area contributed by atoms with Crippen LogP contribution in [0.25, 0.3) is 0 Å². The fourth-order valence-electron chi connectivity index (χ4n) is 5.28. The number of likely N-dealkylation sites (tertiary alicyclic amines) is 1. The number of amides is 2. The van der Waals surface area contributed by atoms with Gasteiger partial charge in [0.15, 0.2) is 0 Å². The largest absolute Gasteiger partial charge is 0.417 e. The van der Waals surface area contributed by atoms with Gasteiger partial charge in [-0.15, -0.1) is 0 Å². The number of carbonyl (C=O) groups excluding carboxylic acids is 1. The zero-order valence-electron chi connectivity index (χ0n) is 20.4. The predicted molar refractivity (Wildman–Crippen MR) is 135 cm³/mol. The van der Waals surface area contributed by atoms with Crippen molar-refractivity contribution in [3.8, 4) is 6.07 Å². The van der Waals surface area contributed by atoms with Gasteiger partial charge in [-0.2, -0.15) is 18.4 Å². The lowest BCUT2D eigenvalue weighted by molar-refractivity contribution is -0.137. The van der Waals surface area contributed by atoms with E-state index in [9.17, 15) is 28.3 Å². The van der Waals surface area contributed by atoms with Crippen LogP contribution in [0.2, 0.25) is 5.02 Å². The van der Waals surface area contributed by atoms with E-state index in [0.29, 0.717) is 49.9 Å². The highest BCUT2D eigenvalue weighted by Crippen LogP contribution is 2.39. The summed E-state index contributed by atoms with van der Waals surface area (Å²) in [5.74, 6) is 0. The van der Waals surface area contributed by atoms with Gasteiger partial charge in [0.05, 0.1) is 27.8 Å². The Morgan fingerprint density at radius 1 is 1.19 bits per heavy atom. The molecule has 0 bridgehead atoms. The molecule has 0 unspecified atom stereocenters. The van der Waals surface area contributed by atoms with Crippen LogP contribution in [0.4, 0.5) is 23.7 Å². The molecule has 2 fully saturated rings. The summed E-state index contributed by atoms with van der Waals surface area (Å²) in [4.78, 5) is 17.3. The van der Waals surface area contributed by atoms with E-state index in [1.54, 1.807) is 29.2 Å². The fraction of sp³-hybridized carbons (Fsp3) is 0.481. The zero-order valence-corrected chi connectivity index (χ0v) is 21.2. The second kappa shape index (κ2) is 11.3. The number of nitrogens with one attached hydrogen (secondary N) is 1. The average molecular weight is 535 g/mol. The lowest BCUT2D eigenvalue weighted by Crippen LogP contribution is -2.49. The van der Waals surface area contributed by atoms with Crippen LogP contribution in [0.15, 0.2) is 42.5 Å². The van der Waals surface area contributed by atoms with E-state index in [4.69, 9.17) is 11.6 Å². The summed E-state index contributed by atoms with van der Waals surface area (Å²) in [5.41, 5.74) is -0.927. The molecular weight excluding hydrogens is 505 g/mol. The molecule has 0 aromatic heterocycles. The average Bonchev–Trinajstić information content (AvgIpc) is 3.39. The Morgan fingerprint density at radius 2 is 1.89 bits per heavy atom. The van der Waals surface area contributed by atoms with Gasteiger partial charge >= 0.3 is 12.2 Å². The van der Waals surface area contributed by atoms with Crippen molar-refractivity contribution < 1.29 is 23.1 Å². The van der Waals surface area contributed by atoms with E-state index in [1.165, 1.54) is 6.07 Å². The third-order valence-corrected chi connectivity index (χ3v) is 7.72. The highest BCUT2D eigenvalue weighted by atomic mass is 35.5. The first-order valence-corrected chi connectivity index (χ1v) is 12.9. The Labute approximate surface area is 219 Å². The highest BCUT2D eigenvalue weighted by molar-refractivity contribution is 6.31. The summed E-state index contributed by atoms with van der Waals surface area (Å²) < 4.78 is 39.9. The minimum Gasteiger partial charge on any atom is -0.385 e. The van der Waals surface area contributed by atoms with Crippen molar-refractivity contribution in [2.24, 2.45) is 0 Å². The number of benzene rings is 2. The van der Waals surface area contributed by atoms with Crippen molar-refractivity contribution in [3.05, 3.63) is 64.2 Å². The first-order valence-electron chi connectivity index (χ1n) is 12.5. The molecule has 1 aliphatic heterocycles. The Bertz CT molecular complexity index is 1150. The Kier molecular flexibility index (Phi) is 8.32. The topological polar surface area (TPSA) is 79.6 Å². The van der Waals surface area contributed by atoms with Gasteiger partial charge in [-0.3, -0.25) is 0 Å². The van der Waals surface area contributed by atoms with Gasteiger partial charge in [0.25, 0.3) is 0 Å². The number of nitrogens with zero attached hydrogens (tertiary/aromatic N) is 3. The van der Waals surface area contributed by atoms with E-state index in [0.717, 1.165) is 38.1 Å². The second-order valence-electron chi connectivity index (χ2n) is 9.82. The van der Waals surface area contributed by atoms with Crippen molar-refractivity contribution in [1.82, 2.24) is 9.80 Å². The quantitative estimate of drug-likeness (QED) is 0.477. The molecule has 198 valence electrons. The summed E-state index contributed by atoms with van der Waals surface area (Å²) in [6.45, 7) is 3.02. The first kappa shape index (κ1) is 27.2. The Hall–Kier alpha value is -2.80. The van der Waals surface area contributed by atoms with Crippen LogP contribution in [-0.4, -0.2) is 53.2 Å². The maximum Gasteiger partial charge on any atom is 0.417 e. The van der Waals surface area contributed by atoms with Crippen LogP contribution in [-0.2, 0) is 11.8 Å². The second-order valence-corrected chi connectivity index (χ2v) is 10.2. The lowest BCUT2D eigenvalue weighted by Gasteiger charge is -2.41. The highest BCUT2D eigenvalue weighted by Gasteiger charge is 2.38. The molecule has 10 heteroatoms. The SMILES string of the molecule is N#Cc1cccc([C@]2(O)CC[C@H](N(CCN3CCCC3)C(=O)Nc3ccc(Cl)c(C(F)(F)F)c3)CC2)c1. The molecular formula is C27H30ClF3N4O2. The molecule has 1 saturated heterocycles. The summed E-state index contributed by atoms with van der Waals surface area (Å²) in [6.07, 6.45) is -0.572. The van der Waals surface area contributed by atoms with E-state index in [-0.39, 0.29) is 11.7 Å². The van der Waals surface area contributed by atoms with Crippen LogP contribution in [0.1, 0.15) is 55.2 Å². The number of urea groups is 1. The fourth-order valence-corrected chi connectivity index (χ4v) is 5.50. The van der Waals surface area contributed by atoms with Gasteiger partial charge in [0.1, 0.15) is 0 Å². The number of hydrogen-bond acceptors (Lipinski definition) is 4. The van der Waals surface area contributed by atoms with Crippen LogP contribution >= 0.6 is 11.6 Å². The minimum absolute atomic E-state index is 0.0218. The van der Waals surface area contributed by atoms with Gasteiger partial charge in [0, 0.05) is 24.8 Å². The molecule has 1 saturated carbocycles. The van der Waals surface area contributed by atoms with Gasteiger partial charge in [-0.1, -0.05) is 23.7 Å². The van der Waals surface area contributed by atoms with Crippen molar-refractivity contribution in [1.29, 1.82) is 5.26 Å². The van der Waals surface area contributed by atoms with E-state index < -0.39 is 28.4 Å². The molecule has 2 N–H and O–H groups in total. The van der Waals surface area contributed by atoms with Crippen LogP contribution in [0.3, 0.4) is 0 Å². The Balaban J connectivity index is 1.49. The third kappa shape index (κ3) is 6.56. The number of alkyl halides is 3. The van der Waals surface area contributed by atoms with Crippen molar-refractivity contribution in [2.45, 2.75) is 56.3 Å². The molecule has 6 nitrogen and oxygen atoms in total. The van der Waals surface area contributed by atoms with Gasteiger partial charge in [-0.25, -0.2) is 4.79 Å². The van der Waals surface area contributed by atoms with E-state index in [2.05, 4.69) is 16.3 Å². The van der Waals surface area contributed by atoms with Gasteiger partial charge < -0.3 is 20.2 Å². The summed E-state index contributed by atoms with van der Waals surface area (Å²) in [5, 5.41) is 22.7. The first-order chi connectivity index (χ1) is 17.6. The minimum atomic E-state index is -4.63. The van der Waals surface area contributed by atoms with Gasteiger partial charge in [0.2, 0.25) is 0 Å². The molecule has 0 radical (unpaired) electrons. The number of rotatable bonds is 6. The van der Waals surface area contributed by atoms with Crippen molar-refractivity contribution in [3.63, 3.8) is 0 Å². The maximum absolute atomic E-state index is 13.4. The molecule has 4 rings (SSSR count). The third-order valence-electron chi connectivity index (χ3n) is 7.39. The zero-order chi connectivity index (χ0) is 26.6. The number of carbonyl (C=O) groups is 1. The van der Waals surface area contributed by atoms with Crippen molar-refractivity contribution >= 4 is 23.3 Å². The smallest absolute Gasteiger partial charge is 0.385 e. The monoisotopic (exact) mass is 534 g/mol. The molecule has 1 heterocycles. The Morgan fingerprint density at radius 3 is 2.54 bits per heavy atom. The number of halogens is 4. The van der Waals surface area contributed by atoms with Crippen molar-refractivity contribution in [2.75, 3.05) is 31.5 Å². The summed E-state index contributed by atoms with van der Waals surface area (Å²) >= 11 is 5.73. The van der Waals surface area contributed by atoms with Crippen LogP contribution in [0, 0.1) is 11.3 Å². The predicted octanol–water partition coefficient (Wildman–Crippen LogP) is 5.99. The van der Waals surface area contributed by atoms with E-state index >= 15 is 0 Å². The van der Waals surface area contributed by atoms with E-state index in [1.807, 2.05) is 0 Å². The number of aliphatic hydroxyl groups is 1. The van der Waals surface area contributed by atoms with Crippen LogP contribution in [0.5, 0.6) is 0 Å². The maximum atomic E-state index is 13.4. The molecule has 1 aliphatic carbocycles. The summed E-state index contributed by atoms with van der Waals surface area (Å²) in [7, 11) is 0.